The fourth-order valence-corrected chi connectivity index (χ4v) is 1.48. The Labute approximate surface area is 122 Å². The van der Waals surface area contributed by atoms with E-state index in [4.69, 9.17) is 16.9 Å². The van der Waals surface area contributed by atoms with Crippen LogP contribution in [0.2, 0.25) is 5.02 Å². The minimum Gasteiger partial charge on any atom is -0.360 e. The number of carbonyl (C=O) groups excluding carboxylic acids is 1. The van der Waals surface area contributed by atoms with E-state index in [0.29, 0.717) is 5.69 Å². The summed E-state index contributed by atoms with van der Waals surface area (Å²) < 4.78 is 13.0. The molecule has 0 saturated heterocycles. The van der Waals surface area contributed by atoms with Crippen LogP contribution in [0.25, 0.3) is 0 Å². The molecule has 0 aliphatic heterocycles. The van der Waals surface area contributed by atoms with Gasteiger partial charge >= 0.3 is 0 Å². The number of nitrogens with zero attached hydrogens (tertiary/aromatic N) is 1. The molecule has 1 amide bonds. The molecule has 20 heavy (non-hydrogen) atoms. The fraction of sp³-hybridized carbons (Fsp3) is 0.286. The second-order valence-corrected chi connectivity index (χ2v) is 5.55. The number of rotatable bonds is 3. The van der Waals surface area contributed by atoms with Gasteiger partial charge in [0, 0.05) is 17.4 Å². The first kappa shape index (κ1) is 16.0. The molecule has 0 radical (unpaired) electrons. The molecule has 2 N–H and O–H groups in total. The molecule has 0 bridgehead atoms. The lowest BCUT2D eigenvalue weighted by atomic mass is 10.1. The maximum atomic E-state index is 13.0. The third-order valence-corrected chi connectivity index (χ3v) is 2.45. The molecular weight excluding hydrogens is 281 g/mol. The maximum Gasteiger partial charge on any atom is 0.263 e. The first-order valence-electron chi connectivity index (χ1n) is 5.87. The largest absolute Gasteiger partial charge is 0.360 e. The summed E-state index contributed by atoms with van der Waals surface area (Å²) in [7, 11) is 0. The molecule has 0 heterocycles. The molecule has 106 valence electrons. The number of hydrogen-bond acceptors (Lipinski definition) is 3. The third-order valence-electron chi connectivity index (χ3n) is 2.16. The Balaban J connectivity index is 2.83. The van der Waals surface area contributed by atoms with Gasteiger partial charge in [0.25, 0.3) is 5.91 Å². The van der Waals surface area contributed by atoms with Gasteiger partial charge < -0.3 is 10.6 Å². The van der Waals surface area contributed by atoms with Gasteiger partial charge in [-0.05, 0) is 39.0 Å². The molecule has 0 spiro atoms. The molecule has 0 atom stereocenters. The zero-order chi connectivity index (χ0) is 15.3. The van der Waals surface area contributed by atoms with Crippen molar-refractivity contribution in [3.63, 3.8) is 0 Å². The lowest BCUT2D eigenvalue weighted by Gasteiger charge is -2.20. The van der Waals surface area contributed by atoms with Crippen LogP contribution in [0.3, 0.4) is 0 Å². The van der Waals surface area contributed by atoms with Crippen LogP contribution in [-0.4, -0.2) is 11.4 Å². The van der Waals surface area contributed by atoms with Gasteiger partial charge in [0.15, 0.2) is 0 Å². The predicted octanol–water partition coefficient (Wildman–Crippen LogP) is 3.21. The van der Waals surface area contributed by atoms with Crippen LogP contribution in [0.1, 0.15) is 20.8 Å². The second kappa shape index (κ2) is 6.40. The average Bonchev–Trinajstić information content (AvgIpc) is 2.32. The minimum absolute atomic E-state index is 0.0407. The van der Waals surface area contributed by atoms with Crippen LogP contribution in [0.5, 0.6) is 0 Å². The van der Waals surface area contributed by atoms with E-state index in [-0.39, 0.29) is 10.6 Å². The summed E-state index contributed by atoms with van der Waals surface area (Å²) in [5.74, 6) is -1.02. The highest BCUT2D eigenvalue weighted by atomic mass is 35.5. The number of benzene rings is 1. The zero-order valence-corrected chi connectivity index (χ0v) is 12.2. The van der Waals surface area contributed by atoms with Crippen molar-refractivity contribution in [2.45, 2.75) is 26.3 Å². The molecule has 0 unspecified atom stereocenters. The van der Waals surface area contributed by atoms with Crippen LogP contribution in [0, 0.1) is 17.1 Å². The number of nitriles is 1. The smallest absolute Gasteiger partial charge is 0.263 e. The van der Waals surface area contributed by atoms with E-state index < -0.39 is 17.3 Å². The lowest BCUT2D eigenvalue weighted by molar-refractivity contribution is -0.118. The molecule has 1 aromatic rings. The van der Waals surface area contributed by atoms with Crippen molar-refractivity contribution in [2.75, 3.05) is 5.32 Å². The number of hydrogen-bond donors (Lipinski definition) is 2. The molecule has 0 aromatic heterocycles. The quantitative estimate of drug-likeness (QED) is 0.665. The van der Waals surface area contributed by atoms with Crippen LogP contribution in [-0.2, 0) is 4.79 Å². The van der Waals surface area contributed by atoms with Crippen molar-refractivity contribution in [3.05, 3.63) is 40.8 Å². The Hall–Kier alpha value is -2.06. The first-order chi connectivity index (χ1) is 9.23. The molecule has 0 aliphatic rings. The van der Waals surface area contributed by atoms with Gasteiger partial charge in [0.1, 0.15) is 17.5 Å². The molecule has 0 saturated carbocycles. The van der Waals surface area contributed by atoms with E-state index in [9.17, 15) is 9.18 Å². The number of nitrogens with one attached hydrogen (secondary N) is 2. The zero-order valence-electron chi connectivity index (χ0n) is 11.4. The first-order valence-corrected chi connectivity index (χ1v) is 6.25. The summed E-state index contributed by atoms with van der Waals surface area (Å²) in [5.41, 5.74) is -0.0419. The minimum atomic E-state index is -0.535. The highest BCUT2D eigenvalue weighted by Crippen LogP contribution is 2.19. The summed E-state index contributed by atoms with van der Waals surface area (Å²) in [5, 5.41) is 14.3. The summed E-state index contributed by atoms with van der Waals surface area (Å²) >= 11 is 5.63. The van der Waals surface area contributed by atoms with Crippen molar-refractivity contribution >= 4 is 23.2 Å². The molecule has 0 aliphatic carbocycles. The SMILES string of the molecule is CC(C)(C)NC(=O)/C(C#N)=C\Nc1ccc(F)c(Cl)c1. The Morgan fingerprint density at radius 3 is 2.60 bits per heavy atom. The van der Waals surface area contributed by atoms with Crippen molar-refractivity contribution in [2.24, 2.45) is 0 Å². The van der Waals surface area contributed by atoms with Gasteiger partial charge in [-0.2, -0.15) is 5.26 Å². The van der Waals surface area contributed by atoms with Crippen molar-refractivity contribution in [3.8, 4) is 6.07 Å². The van der Waals surface area contributed by atoms with E-state index in [1.807, 2.05) is 20.8 Å². The van der Waals surface area contributed by atoms with E-state index in [0.717, 1.165) is 0 Å². The van der Waals surface area contributed by atoms with E-state index in [1.165, 1.54) is 24.4 Å². The number of carbonyl (C=O) groups is 1. The third kappa shape index (κ3) is 4.90. The van der Waals surface area contributed by atoms with E-state index in [1.54, 1.807) is 6.07 Å². The van der Waals surface area contributed by atoms with Crippen LogP contribution in [0.15, 0.2) is 30.0 Å². The molecule has 1 rings (SSSR count). The summed E-state index contributed by atoms with van der Waals surface area (Å²) in [6.07, 6.45) is 1.25. The Kier molecular flexibility index (Phi) is 5.12. The standard InChI is InChI=1S/C14H15ClFN3O/c1-14(2,3)19-13(20)9(7-17)8-18-10-4-5-12(16)11(15)6-10/h4-6,8,18H,1-3H3,(H,19,20)/b9-8-. The van der Waals surface area contributed by atoms with Crippen molar-refractivity contribution in [1.29, 1.82) is 5.26 Å². The van der Waals surface area contributed by atoms with Gasteiger partial charge in [0.05, 0.1) is 5.02 Å². The van der Waals surface area contributed by atoms with Gasteiger partial charge in [0.2, 0.25) is 0 Å². The number of anilines is 1. The van der Waals surface area contributed by atoms with Crippen molar-refractivity contribution in [1.82, 2.24) is 5.32 Å². The monoisotopic (exact) mass is 295 g/mol. The fourth-order valence-electron chi connectivity index (χ4n) is 1.30. The summed E-state index contributed by atoms with van der Waals surface area (Å²) in [6.45, 7) is 5.44. The van der Waals surface area contributed by atoms with Gasteiger partial charge in [-0.25, -0.2) is 4.39 Å². The highest BCUT2D eigenvalue weighted by molar-refractivity contribution is 6.31. The van der Waals surface area contributed by atoms with Gasteiger partial charge in [-0.3, -0.25) is 4.79 Å². The van der Waals surface area contributed by atoms with E-state index >= 15 is 0 Å². The summed E-state index contributed by atoms with van der Waals surface area (Å²) in [6, 6.07) is 5.81. The Morgan fingerprint density at radius 2 is 2.10 bits per heavy atom. The molecule has 0 fully saturated rings. The lowest BCUT2D eigenvalue weighted by Crippen LogP contribution is -2.41. The van der Waals surface area contributed by atoms with Crippen LogP contribution in [0.4, 0.5) is 10.1 Å². The predicted molar refractivity (Wildman–Crippen MR) is 76.6 cm³/mol. The molecule has 1 aromatic carbocycles. The Bertz CT molecular complexity index is 585. The molecule has 4 nitrogen and oxygen atoms in total. The molecular formula is C14H15ClFN3O. The molecule has 6 heteroatoms. The normalized spacial score (nSPS) is 11.7. The Morgan fingerprint density at radius 1 is 1.45 bits per heavy atom. The summed E-state index contributed by atoms with van der Waals surface area (Å²) in [4.78, 5) is 11.8. The van der Waals surface area contributed by atoms with Gasteiger partial charge in [-0.1, -0.05) is 11.6 Å². The number of amides is 1. The topological polar surface area (TPSA) is 64.9 Å². The average molecular weight is 296 g/mol. The maximum absolute atomic E-state index is 13.0. The van der Waals surface area contributed by atoms with Crippen LogP contribution >= 0.6 is 11.6 Å². The number of halogens is 2. The second-order valence-electron chi connectivity index (χ2n) is 5.15. The van der Waals surface area contributed by atoms with Crippen LogP contribution < -0.4 is 10.6 Å². The van der Waals surface area contributed by atoms with Gasteiger partial charge in [-0.15, -0.1) is 0 Å². The van der Waals surface area contributed by atoms with Crippen molar-refractivity contribution < 1.29 is 9.18 Å². The highest BCUT2D eigenvalue weighted by Gasteiger charge is 2.17. The van der Waals surface area contributed by atoms with E-state index in [2.05, 4.69) is 10.6 Å².